The highest BCUT2D eigenvalue weighted by Crippen LogP contribution is 2.21. The van der Waals surface area contributed by atoms with Crippen molar-refractivity contribution in [3.8, 4) is 5.75 Å². The fourth-order valence-corrected chi connectivity index (χ4v) is 4.07. The number of hydrogen-bond donors (Lipinski definition) is 0. The number of rotatable bonds is 8. The lowest BCUT2D eigenvalue weighted by Gasteiger charge is -2.28. The fraction of sp³-hybridized carbons (Fsp3) is 0.391. The quantitative estimate of drug-likeness (QED) is 0.572. The summed E-state index contributed by atoms with van der Waals surface area (Å²) in [5.41, 5.74) is 4.42. The van der Waals surface area contributed by atoms with Crippen LogP contribution in [0, 0.1) is 0 Å². The van der Waals surface area contributed by atoms with Crippen molar-refractivity contribution < 1.29 is 9.47 Å². The predicted octanol–water partition coefficient (Wildman–Crippen LogP) is 2.31. The summed E-state index contributed by atoms with van der Waals surface area (Å²) in [6.45, 7) is 4.08. The number of ether oxygens (including phenoxy) is 2. The van der Waals surface area contributed by atoms with Gasteiger partial charge in [0.25, 0.3) is 5.56 Å². The molecule has 1 aromatic carbocycles. The number of nitrogens with zero attached hydrogens (tertiary/aromatic N) is 4. The Morgan fingerprint density at radius 1 is 1.03 bits per heavy atom. The van der Waals surface area contributed by atoms with Crippen molar-refractivity contribution in [3.05, 3.63) is 81.5 Å². The van der Waals surface area contributed by atoms with E-state index in [2.05, 4.69) is 26.7 Å². The third-order valence-electron chi connectivity index (χ3n) is 5.59. The number of methoxy groups -OCH3 is 2. The zero-order chi connectivity index (χ0) is 20.9. The monoisotopic (exact) mass is 408 g/mol. The van der Waals surface area contributed by atoms with Gasteiger partial charge in [-0.05, 0) is 23.6 Å². The van der Waals surface area contributed by atoms with Crippen LogP contribution in [0.5, 0.6) is 5.75 Å². The van der Waals surface area contributed by atoms with Gasteiger partial charge in [-0.25, -0.2) is 4.68 Å². The third-order valence-corrected chi connectivity index (χ3v) is 5.59. The van der Waals surface area contributed by atoms with Gasteiger partial charge in [0, 0.05) is 38.5 Å². The van der Waals surface area contributed by atoms with Crippen LogP contribution < -0.4 is 10.3 Å². The molecule has 0 amide bonds. The molecular weight excluding hydrogens is 380 g/mol. The molecule has 3 aromatic rings. The van der Waals surface area contributed by atoms with E-state index in [9.17, 15) is 4.79 Å². The molecular formula is C23H28N4O3. The van der Waals surface area contributed by atoms with Crippen LogP contribution >= 0.6 is 0 Å². The summed E-state index contributed by atoms with van der Waals surface area (Å²) in [6, 6.07) is 12.3. The van der Waals surface area contributed by atoms with E-state index in [1.165, 1.54) is 5.56 Å². The van der Waals surface area contributed by atoms with Crippen molar-refractivity contribution in [2.45, 2.75) is 32.6 Å². The Balaban J connectivity index is 1.63. The van der Waals surface area contributed by atoms with Crippen molar-refractivity contribution in [2.75, 3.05) is 27.4 Å². The summed E-state index contributed by atoms with van der Waals surface area (Å²) in [6.07, 6.45) is 4.34. The Hall–Kier alpha value is -2.90. The third kappa shape index (κ3) is 4.32. The van der Waals surface area contributed by atoms with Crippen LogP contribution in [0.2, 0.25) is 0 Å². The molecule has 3 heterocycles. The average Bonchev–Trinajstić information content (AvgIpc) is 3.03. The van der Waals surface area contributed by atoms with Crippen LogP contribution in [0.3, 0.4) is 0 Å². The molecule has 158 valence electrons. The van der Waals surface area contributed by atoms with E-state index >= 15 is 0 Å². The van der Waals surface area contributed by atoms with Gasteiger partial charge in [0.05, 0.1) is 38.7 Å². The normalized spacial score (nSPS) is 13.9. The van der Waals surface area contributed by atoms with Crippen LogP contribution in [0.25, 0.3) is 0 Å². The zero-order valence-corrected chi connectivity index (χ0v) is 17.6. The van der Waals surface area contributed by atoms with Crippen molar-refractivity contribution in [1.29, 1.82) is 0 Å². The van der Waals surface area contributed by atoms with Gasteiger partial charge in [-0.1, -0.05) is 30.3 Å². The predicted molar refractivity (Wildman–Crippen MR) is 115 cm³/mol. The second-order valence-electron chi connectivity index (χ2n) is 7.58. The molecule has 7 nitrogen and oxygen atoms in total. The van der Waals surface area contributed by atoms with E-state index < -0.39 is 0 Å². The summed E-state index contributed by atoms with van der Waals surface area (Å²) in [7, 11) is 3.32. The van der Waals surface area contributed by atoms with Gasteiger partial charge in [-0.15, -0.1) is 0 Å². The molecule has 0 N–H and O–H groups in total. The Labute approximate surface area is 176 Å². The first-order valence-corrected chi connectivity index (χ1v) is 10.2. The second kappa shape index (κ2) is 9.28. The van der Waals surface area contributed by atoms with E-state index in [1.54, 1.807) is 20.4 Å². The summed E-state index contributed by atoms with van der Waals surface area (Å²) in [5.74, 6) is 0.761. The van der Waals surface area contributed by atoms with Crippen LogP contribution in [-0.4, -0.2) is 46.6 Å². The minimum absolute atomic E-state index is 0.112. The molecule has 0 radical (unpaired) electrons. The molecule has 4 rings (SSSR count). The molecule has 1 aliphatic rings. The minimum atomic E-state index is 0.112. The molecule has 0 unspecified atom stereocenters. The first-order chi connectivity index (χ1) is 14.7. The molecule has 0 bridgehead atoms. The molecule has 0 fully saturated rings. The van der Waals surface area contributed by atoms with Gasteiger partial charge in [0.1, 0.15) is 5.75 Å². The smallest absolute Gasteiger partial charge is 0.270 e. The lowest BCUT2D eigenvalue weighted by Crippen LogP contribution is -2.32. The fourth-order valence-electron chi connectivity index (χ4n) is 4.07. The van der Waals surface area contributed by atoms with E-state index in [1.807, 2.05) is 35.1 Å². The van der Waals surface area contributed by atoms with Crippen LogP contribution in [-0.2, 0) is 37.3 Å². The molecule has 0 spiro atoms. The van der Waals surface area contributed by atoms with Crippen LogP contribution in [0.15, 0.2) is 53.6 Å². The highest BCUT2D eigenvalue weighted by atomic mass is 16.5. The molecule has 2 aromatic heterocycles. The van der Waals surface area contributed by atoms with Gasteiger partial charge in [-0.2, -0.15) is 0 Å². The van der Waals surface area contributed by atoms with Gasteiger partial charge in [0.2, 0.25) is 0 Å². The van der Waals surface area contributed by atoms with Crippen molar-refractivity contribution in [3.63, 3.8) is 0 Å². The largest absolute Gasteiger partial charge is 0.495 e. The first-order valence-electron chi connectivity index (χ1n) is 10.2. The van der Waals surface area contributed by atoms with Crippen molar-refractivity contribution in [1.82, 2.24) is 19.2 Å². The number of hydrogen-bond acceptors (Lipinski definition) is 5. The summed E-state index contributed by atoms with van der Waals surface area (Å²) >= 11 is 0. The SMILES string of the molecule is COCCn1c(=O)c2c(n1Cc1ccccc1)CN(Cc1cncc(OC)c1)CC2. The Morgan fingerprint density at radius 3 is 2.63 bits per heavy atom. The van der Waals surface area contributed by atoms with Crippen LogP contribution in [0.1, 0.15) is 22.4 Å². The Kier molecular flexibility index (Phi) is 6.30. The molecule has 0 aliphatic carbocycles. The molecule has 0 saturated carbocycles. The molecule has 0 atom stereocenters. The number of aromatic nitrogens is 3. The van der Waals surface area contributed by atoms with E-state index in [4.69, 9.17) is 9.47 Å². The molecule has 30 heavy (non-hydrogen) atoms. The number of fused-ring (bicyclic) bond motifs is 1. The van der Waals surface area contributed by atoms with Crippen LogP contribution in [0.4, 0.5) is 0 Å². The number of pyridine rings is 1. The van der Waals surface area contributed by atoms with E-state index in [0.29, 0.717) is 19.7 Å². The standard InChI is InChI=1S/C23H28N4O3/c1-29-11-10-26-23(28)21-8-9-25(15-19-12-20(30-2)14-24-13-19)17-22(21)27(26)16-18-6-4-3-5-7-18/h3-7,12-14H,8-11,15-17H2,1-2H3. The maximum atomic E-state index is 13.1. The second-order valence-corrected chi connectivity index (χ2v) is 7.58. The molecule has 0 saturated heterocycles. The zero-order valence-electron chi connectivity index (χ0n) is 17.6. The maximum Gasteiger partial charge on any atom is 0.270 e. The highest BCUT2D eigenvalue weighted by Gasteiger charge is 2.26. The molecule has 1 aliphatic heterocycles. The molecule has 7 heteroatoms. The van der Waals surface area contributed by atoms with Crippen molar-refractivity contribution in [2.24, 2.45) is 0 Å². The van der Waals surface area contributed by atoms with Gasteiger partial charge >= 0.3 is 0 Å². The van der Waals surface area contributed by atoms with E-state index in [-0.39, 0.29) is 5.56 Å². The van der Waals surface area contributed by atoms with E-state index in [0.717, 1.165) is 48.6 Å². The Morgan fingerprint density at radius 2 is 1.87 bits per heavy atom. The highest BCUT2D eigenvalue weighted by molar-refractivity contribution is 5.26. The lowest BCUT2D eigenvalue weighted by atomic mass is 10.1. The first kappa shape index (κ1) is 20.4. The summed E-state index contributed by atoms with van der Waals surface area (Å²) < 4.78 is 14.5. The lowest BCUT2D eigenvalue weighted by molar-refractivity contribution is 0.175. The summed E-state index contributed by atoms with van der Waals surface area (Å²) in [5, 5.41) is 0. The van der Waals surface area contributed by atoms with Gasteiger partial charge in [-0.3, -0.25) is 19.4 Å². The summed E-state index contributed by atoms with van der Waals surface area (Å²) in [4.78, 5) is 19.7. The topological polar surface area (TPSA) is 61.5 Å². The average molecular weight is 409 g/mol. The van der Waals surface area contributed by atoms with Gasteiger partial charge < -0.3 is 9.47 Å². The number of benzene rings is 1. The maximum absolute atomic E-state index is 13.1. The Bertz CT molecular complexity index is 1040. The van der Waals surface area contributed by atoms with Crippen molar-refractivity contribution >= 4 is 0 Å². The minimum Gasteiger partial charge on any atom is -0.495 e. The van der Waals surface area contributed by atoms with Gasteiger partial charge in [0.15, 0.2) is 0 Å².